The second-order valence-corrected chi connectivity index (χ2v) is 8.54. The van der Waals surface area contributed by atoms with Gasteiger partial charge in [0.2, 0.25) is 0 Å². The fraction of sp³-hybridized carbons (Fsp3) is 0.444. The highest BCUT2D eigenvalue weighted by Gasteiger charge is 2.17. The minimum absolute atomic E-state index is 0.140. The van der Waals surface area contributed by atoms with E-state index < -0.39 is 9.84 Å². The summed E-state index contributed by atoms with van der Waals surface area (Å²) >= 11 is 6.25. The molecule has 2 rings (SSSR count). The van der Waals surface area contributed by atoms with E-state index in [0.29, 0.717) is 41.6 Å². The molecular weight excluding hydrogens is 406 g/mol. The maximum absolute atomic E-state index is 11.6. The molecule has 1 heterocycles. The number of hydrogen-bond acceptors (Lipinski definition) is 8. The van der Waals surface area contributed by atoms with Crippen LogP contribution in [0.3, 0.4) is 0 Å². The Balaban J connectivity index is 2.41. The van der Waals surface area contributed by atoms with Gasteiger partial charge in [0.05, 0.1) is 26.9 Å². The van der Waals surface area contributed by atoms with E-state index in [2.05, 4.69) is 15.3 Å². The fourth-order valence-corrected chi connectivity index (χ4v) is 3.60. The zero-order valence-electron chi connectivity index (χ0n) is 16.5. The second-order valence-electron chi connectivity index (χ2n) is 6.05. The van der Waals surface area contributed by atoms with Gasteiger partial charge in [-0.25, -0.2) is 18.4 Å². The van der Waals surface area contributed by atoms with Gasteiger partial charge in [-0.1, -0.05) is 18.5 Å². The maximum Gasteiger partial charge on any atom is 0.154 e. The molecule has 0 radical (unpaired) electrons. The van der Waals surface area contributed by atoms with Crippen LogP contribution in [0.4, 0.5) is 5.82 Å². The summed E-state index contributed by atoms with van der Waals surface area (Å²) in [6.07, 6.45) is 1.70. The van der Waals surface area contributed by atoms with Crippen LogP contribution in [0.1, 0.15) is 23.9 Å². The van der Waals surface area contributed by atoms with Crippen LogP contribution in [0.15, 0.2) is 12.1 Å². The van der Waals surface area contributed by atoms with Crippen molar-refractivity contribution in [2.45, 2.75) is 25.6 Å². The van der Waals surface area contributed by atoms with Gasteiger partial charge in [0.25, 0.3) is 0 Å². The number of sulfone groups is 1. The first-order valence-electron chi connectivity index (χ1n) is 8.48. The number of methoxy groups -OCH3 is 3. The molecule has 0 aliphatic heterocycles. The molecule has 0 saturated carbocycles. The van der Waals surface area contributed by atoms with Crippen molar-refractivity contribution in [2.75, 3.05) is 32.9 Å². The Hall–Kier alpha value is -2.26. The van der Waals surface area contributed by atoms with Crippen LogP contribution in [-0.2, 0) is 28.6 Å². The predicted molar refractivity (Wildman–Crippen MR) is 108 cm³/mol. The Kier molecular flexibility index (Phi) is 7.31. The van der Waals surface area contributed by atoms with Crippen molar-refractivity contribution in [3.63, 3.8) is 0 Å². The first-order chi connectivity index (χ1) is 13.2. The number of hydrogen-bond donors (Lipinski definition) is 1. The van der Waals surface area contributed by atoms with E-state index in [-0.39, 0.29) is 16.7 Å². The highest BCUT2D eigenvalue weighted by Crippen LogP contribution is 2.35. The summed E-state index contributed by atoms with van der Waals surface area (Å²) in [6.45, 7) is 2.23. The Morgan fingerprint density at radius 3 is 2.11 bits per heavy atom. The van der Waals surface area contributed by atoms with Crippen LogP contribution < -0.4 is 19.5 Å². The second kappa shape index (κ2) is 9.29. The third-order valence-electron chi connectivity index (χ3n) is 4.00. The van der Waals surface area contributed by atoms with Crippen LogP contribution in [0.25, 0.3) is 0 Å². The van der Waals surface area contributed by atoms with Crippen molar-refractivity contribution in [3.8, 4) is 17.2 Å². The molecule has 1 N–H and O–H groups in total. The topological polar surface area (TPSA) is 99.6 Å². The molecule has 0 atom stereocenters. The van der Waals surface area contributed by atoms with Crippen molar-refractivity contribution in [2.24, 2.45) is 0 Å². The van der Waals surface area contributed by atoms with Gasteiger partial charge in [0.15, 0.2) is 9.84 Å². The minimum Gasteiger partial charge on any atom is -0.496 e. The molecule has 1 aromatic heterocycles. The summed E-state index contributed by atoms with van der Waals surface area (Å²) in [4.78, 5) is 8.46. The smallest absolute Gasteiger partial charge is 0.154 e. The SMILES string of the molecule is CCc1c(Cl)nc(CS(C)(=O)=O)nc1NCc1c(OC)cc(OC)cc1OC. The molecule has 0 spiro atoms. The monoisotopic (exact) mass is 429 g/mol. The van der Waals surface area contributed by atoms with E-state index in [1.807, 2.05) is 6.92 Å². The molecular formula is C18H24ClN3O5S. The summed E-state index contributed by atoms with van der Waals surface area (Å²) in [5.74, 6) is 2.09. The summed E-state index contributed by atoms with van der Waals surface area (Å²) in [5, 5.41) is 3.43. The average Bonchev–Trinajstić information content (AvgIpc) is 2.63. The number of halogens is 1. The molecule has 0 bridgehead atoms. The first-order valence-corrected chi connectivity index (χ1v) is 10.9. The lowest BCUT2D eigenvalue weighted by atomic mass is 10.1. The molecule has 0 aliphatic rings. The van der Waals surface area contributed by atoms with Gasteiger partial charge in [0, 0.05) is 30.5 Å². The number of nitrogens with zero attached hydrogens (tertiary/aromatic N) is 2. The lowest BCUT2D eigenvalue weighted by Crippen LogP contribution is -2.12. The molecule has 1 aromatic carbocycles. The van der Waals surface area contributed by atoms with Crippen LogP contribution in [-0.4, -0.2) is 46.0 Å². The summed E-state index contributed by atoms with van der Waals surface area (Å²) in [6, 6.07) is 3.50. The quantitative estimate of drug-likeness (QED) is 0.607. The van der Waals surface area contributed by atoms with Gasteiger partial charge in [0.1, 0.15) is 39.8 Å². The van der Waals surface area contributed by atoms with Crippen molar-refractivity contribution in [1.82, 2.24) is 9.97 Å². The highest BCUT2D eigenvalue weighted by molar-refractivity contribution is 7.89. The van der Waals surface area contributed by atoms with E-state index in [4.69, 9.17) is 25.8 Å². The molecule has 0 amide bonds. The molecule has 10 heteroatoms. The van der Waals surface area contributed by atoms with Crippen LogP contribution in [0.5, 0.6) is 17.2 Å². The molecule has 0 fully saturated rings. The fourth-order valence-electron chi connectivity index (χ4n) is 2.68. The predicted octanol–water partition coefficient (Wildman–Crippen LogP) is 2.87. The first kappa shape index (κ1) is 22.0. The van der Waals surface area contributed by atoms with Crippen LogP contribution in [0.2, 0.25) is 5.15 Å². The van der Waals surface area contributed by atoms with E-state index in [1.165, 1.54) is 0 Å². The van der Waals surface area contributed by atoms with E-state index >= 15 is 0 Å². The zero-order valence-corrected chi connectivity index (χ0v) is 18.1. The largest absolute Gasteiger partial charge is 0.496 e. The van der Waals surface area contributed by atoms with Crippen molar-refractivity contribution < 1.29 is 22.6 Å². The van der Waals surface area contributed by atoms with Crippen LogP contribution in [0, 0.1) is 0 Å². The third kappa shape index (κ3) is 5.39. The molecule has 0 aliphatic carbocycles. The standard InChI is InChI=1S/C18H24ClN3O5S/c1-6-12-17(19)21-16(10-28(5,23)24)22-18(12)20-9-13-14(26-3)7-11(25-2)8-15(13)27-4/h7-8H,6,9-10H2,1-5H3,(H,20,21,22). The molecule has 8 nitrogen and oxygen atoms in total. The molecule has 154 valence electrons. The summed E-state index contributed by atoms with van der Waals surface area (Å²) in [7, 11) is 1.38. The Morgan fingerprint density at radius 1 is 1.04 bits per heavy atom. The average molecular weight is 430 g/mol. The minimum atomic E-state index is -3.29. The summed E-state index contributed by atoms with van der Waals surface area (Å²) < 4.78 is 39.3. The van der Waals surface area contributed by atoms with Crippen molar-refractivity contribution in [3.05, 3.63) is 34.2 Å². The summed E-state index contributed by atoms with van der Waals surface area (Å²) in [5.41, 5.74) is 1.46. The normalized spacial score (nSPS) is 11.2. The Labute approximate surface area is 170 Å². The van der Waals surface area contributed by atoms with Gasteiger partial charge in [-0.15, -0.1) is 0 Å². The third-order valence-corrected chi connectivity index (χ3v) is 5.09. The number of aromatic nitrogens is 2. The highest BCUT2D eigenvalue weighted by atomic mass is 35.5. The number of ether oxygens (including phenoxy) is 3. The Bertz CT molecular complexity index is 925. The number of nitrogens with one attached hydrogen (secondary N) is 1. The van der Waals surface area contributed by atoms with E-state index in [1.54, 1.807) is 33.5 Å². The van der Waals surface area contributed by atoms with Gasteiger partial charge < -0.3 is 19.5 Å². The molecule has 28 heavy (non-hydrogen) atoms. The van der Waals surface area contributed by atoms with Crippen LogP contribution >= 0.6 is 11.6 Å². The van der Waals surface area contributed by atoms with Gasteiger partial charge in [-0.3, -0.25) is 0 Å². The van der Waals surface area contributed by atoms with Gasteiger partial charge in [-0.05, 0) is 6.42 Å². The molecule has 2 aromatic rings. The Morgan fingerprint density at radius 2 is 1.64 bits per heavy atom. The lowest BCUT2D eigenvalue weighted by Gasteiger charge is -2.17. The number of anilines is 1. The molecule has 0 saturated heterocycles. The lowest BCUT2D eigenvalue weighted by molar-refractivity contribution is 0.369. The zero-order chi connectivity index (χ0) is 20.9. The van der Waals surface area contributed by atoms with Gasteiger partial charge >= 0.3 is 0 Å². The van der Waals surface area contributed by atoms with E-state index in [0.717, 1.165) is 11.8 Å². The number of benzene rings is 1. The van der Waals surface area contributed by atoms with Crippen molar-refractivity contribution >= 4 is 27.3 Å². The maximum atomic E-state index is 11.6. The number of rotatable bonds is 9. The molecule has 0 unspecified atom stereocenters. The van der Waals surface area contributed by atoms with Crippen molar-refractivity contribution in [1.29, 1.82) is 0 Å². The van der Waals surface area contributed by atoms with E-state index in [9.17, 15) is 8.42 Å². The van der Waals surface area contributed by atoms with Gasteiger partial charge in [-0.2, -0.15) is 0 Å².